The van der Waals surface area contributed by atoms with E-state index in [0.717, 1.165) is 34.4 Å². The molecule has 4 aromatic carbocycles. The smallest absolute Gasteiger partial charge is 0.222 e. The van der Waals surface area contributed by atoms with Crippen LogP contribution >= 0.6 is 11.3 Å². The lowest BCUT2D eigenvalue weighted by Gasteiger charge is -2.47. The molecule has 0 amide bonds. The highest BCUT2D eigenvalue weighted by molar-refractivity contribution is 7.19. The van der Waals surface area contributed by atoms with Gasteiger partial charge in [0.25, 0.3) is 0 Å². The minimum Gasteiger partial charge on any atom is -0.489 e. The summed E-state index contributed by atoms with van der Waals surface area (Å²) in [6.07, 6.45) is 2.33. The molecule has 4 atom stereocenters. The molecule has 1 unspecified atom stereocenters. The SMILES string of the molecule is C=CCOc1cc(C)c(C2(O)O[C@H](CC)C[C@H](OCc3ccccc3)[C@H]2OCc2ccccc2)cc1Cc1cc2ccccc2s1. The van der Waals surface area contributed by atoms with E-state index < -0.39 is 18.0 Å². The van der Waals surface area contributed by atoms with Crippen LogP contribution in [-0.2, 0) is 39.6 Å². The second kappa shape index (κ2) is 14.8. The molecule has 0 bridgehead atoms. The van der Waals surface area contributed by atoms with Crippen molar-refractivity contribution in [3.8, 4) is 5.75 Å². The van der Waals surface area contributed by atoms with Crippen molar-refractivity contribution in [2.45, 2.75) is 70.4 Å². The van der Waals surface area contributed by atoms with Gasteiger partial charge in [-0.25, -0.2) is 0 Å². The number of hydrogen-bond donors (Lipinski definition) is 1. The molecular weight excluding hydrogens is 593 g/mol. The summed E-state index contributed by atoms with van der Waals surface area (Å²) in [5.74, 6) is -0.992. The third-order valence-electron chi connectivity index (χ3n) is 8.59. The van der Waals surface area contributed by atoms with Crippen molar-refractivity contribution in [3.63, 3.8) is 0 Å². The topological polar surface area (TPSA) is 57.2 Å². The monoisotopic (exact) mass is 634 g/mol. The second-order valence-corrected chi connectivity index (χ2v) is 13.1. The van der Waals surface area contributed by atoms with Gasteiger partial charge in [0.1, 0.15) is 18.5 Å². The average molecular weight is 635 g/mol. The number of benzene rings is 4. The van der Waals surface area contributed by atoms with Crippen LogP contribution in [0.25, 0.3) is 10.1 Å². The number of hydrogen-bond acceptors (Lipinski definition) is 6. The number of aliphatic hydroxyl groups is 1. The minimum absolute atomic E-state index is 0.218. The zero-order chi connectivity index (χ0) is 31.9. The maximum Gasteiger partial charge on any atom is 0.222 e. The highest BCUT2D eigenvalue weighted by Crippen LogP contribution is 2.44. The van der Waals surface area contributed by atoms with Gasteiger partial charge in [-0.3, -0.25) is 0 Å². The fourth-order valence-electron chi connectivity index (χ4n) is 6.23. The van der Waals surface area contributed by atoms with Crippen LogP contribution in [0.1, 0.15) is 52.5 Å². The van der Waals surface area contributed by atoms with Crippen molar-refractivity contribution < 1.29 is 24.1 Å². The Morgan fingerprint density at radius 1 is 0.913 bits per heavy atom. The lowest BCUT2D eigenvalue weighted by Crippen LogP contribution is -2.57. The fraction of sp³-hybridized carbons (Fsp3) is 0.300. The predicted octanol–water partition coefficient (Wildman–Crippen LogP) is 8.88. The molecule has 238 valence electrons. The van der Waals surface area contributed by atoms with Crippen molar-refractivity contribution in [2.75, 3.05) is 6.61 Å². The van der Waals surface area contributed by atoms with Gasteiger partial charge in [0.15, 0.2) is 0 Å². The molecule has 2 heterocycles. The van der Waals surface area contributed by atoms with E-state index in [1.807, 2.05) is 67.6 Å². The number of ether oxygens (including phenoxy) is 4. The third-order valence-corrected chi connectivity index (χ3v) is 9.71. The van der Waals surface area contributed by atoms with E-state index in [1.165, 1.54) is 15.0 Å². The molecule has 1 saturated heterocycles. The number of fused-ring (bicyclic) bond motifs is 1. The number of thiophene rings is 1. The van der Waals surface area contributed by atoms with Gasteiger partial charge < -0.3 is 24.1 Å². The van der Waals surface area contributed by atoms with Gasteiger partial charge in [-0.15, -0.1) is 11.3 Å². The Labute approximate surface area is 276 Å². The van der Waals surface area contributed by atoms with Gasteiger partial charge in [-0.05, 0) is 65.3 Å². The zero-order valence-electron chi connectivity index (χ0n) is 26.6. The van der Waals surface area contributed by atoms with E-state index in [4.69, 9.17) is 18.9 Å². The first-order chi connectivity index (χ1) is 22.5. The summed E-state index contributed by atoms with van der Waals surface area (Å²) < 4.78 is 27.3. The molecule has 1 N–H and O–H groups in total. The van der Waals surface area contributed by atoms with E-state index in [9.17, 15) is 5.11 Å². The van der Waals surface area contributed by atoms with Crippen LogP contribution in [0.2, 0.25) is 0 Å². The van der Waals surface area contributed by atoms with Crippen LogP contribution in [0.4, 0.5) is 0 Å². The summed E-state index contributed by atoms with van der Waals surface area (Å²) in [5, 5.41) is 14.0. The van der Waals surface area contributed by atoms with Crippen molar-refractivity contribution in [1.82, 2.24) is 0 Å². The van der Waals surface area contributed by atoms with Crippen LogP contribution in [0.5, 0.6) is 5.75 Å². The molecule has 0 aliphatic carbocycles. The normalized spacial score (nSPS) is 21.3. The van der Waals surface area contributed by atoms with Crippen LogP contribution in [0, 0.1) is 6.92 Å². The zero-order valence-corrected chi connectivity index (χ0v) is 27.4. The van der Waals surface area contributed by atoms with E-state index in [2.05, 4.69) is 56.0 Å². The predicted molar refractivity (Wildman–Crippen MR) is 185 cm³/mol. The van der Waals surface area contributed by atoms with Gasteiger partial charge in [0.05, 0.1) is 25.4 Å². The summed E-state index contributed by atoms with van der Waals surface area (Å²) in [6, 6.07) is 34.8. The molecule has 0 radical (unpaired) electrons. The molecule has 6 heteroatoms. The highest BCUT2D eigenvalue weighted by Gasteiger charge is 2.52. The second-order valence-electron chi connectivity index (χ2n) is 11.9. The van der Waals surface area contributed by atoms with Gasteiger partial charge in [0.2, 0.25) is 5.79 Å². The fourth-order valence-corrected chi connectivity index (χ4v) is 7.32. The van der Waals surface area contributed by atoms with Gasteiger partial charge in [0, 0.05) is 28.0 Å². The Morgan fingerprint density at radius 3 is 2.26 bits per heavy atom. The molecule has 46 heavy (non-hydrogen) atoms. The van der Waals surface area contributed by atoms with Crippen molar-refractivity contribution in [2.24, 2.45) is 0 Å². The molecule has 6 rings (SSSR count). The molecule has 0 saturated carbocycles. The van der Waals surface area contributed by atoms with E-state index >= 15 is 0 Å². The Balaban J connectivity index is 1.40. The first kappa shape index (κ1) is 32.2. The molecule has 1 fully saturated rings. The van der Waals surface area contributed by atoms with Crippen LogP contribution in [0.15, 0.2) is 116 Å². The quantitative estimate of drug-likeness (QED) is 0.131. The van der Waals surface area contributed by atoms with E-state index in [-0.39, 0.29) is 6.10 Å². The molecule has 1 aromatic heterocycles. The van der Waals surface area contributed by atoms with Gasteiger partial charge >= 0.3 is 0 Å². The third kappa shape index (κ3) is 7.27. The molecule has 5 aromatic rings. The Morgan fingerprint density at radius 2 is 1.59 bits per heavy atom. The minimum atomic E-state index is -1.76. The summed E-state index contributed by atoms with van der Waals surface area (Å²) in [7, 11) is 0. The number of aryl methyl sites for hydroxylation is 1. The molecule has 1 aliphatic rings. The van der Waals surface area contributed by atoms with E-state index in [1.54, 1.807) is 17.4 Å². The van der Waals surface area contributed by atoms with Crippen LogP contribution in [-0.4, -0.2) is 30.0 Å². The van der Waals surface area contributed by atoms with Crippen molar-refractivity contribution in [1.29, 1.82) is 0 Å². The standard InChI is InChI=1S/C40H42O5S/c1-4-20-42-36-21-28(3)35(24-32(36)23-34-22-31-18-12-13-19-38(31)46-34)40(41)39(44-27-30-16-10-7-11-17-30)37(25-33(5-2)45-40)43-26-29-14-8-6-9-15-29/h4,6-19,21-22,24,33,37,39,41H,1,5,20,23,25-27H2,2-3H3/t33-,37+,39-,40?/m1/s1. The maximum absolute atomic E-state index is 12.8. The lowest BCUT2D eigenvalue weighted by molar-refractivity contribution is -0.347. The summed E-state index contributed by atoms with van der Waals surface area (Å²) >= 11 is 1.77. The van der Waals surface area contributed by atoms with Crippen LogP contribution < -0.4 is 4.74 Å². The Kier molecular flexibility index (Phi) is 10.3. The highest BCUT2D eigenvalue weighted by atomic mass is 32.1. The van der Waals surface area contributed by atoms with Crippen molar-refractivity contribution in [3.05, 3.63) is 148 Å². The van der Waals surface area contributed by atoms with Crippen molar-refractivity contribution >= 4 is 21.4 Å². The Bertz CT molecular complexity index is 1700. The van der Waals surface area contributed by atoms with Crippen LogP contribution in [0.3, 0.4) is 0 Å². The molecule has 5 nitrogen and oxygen atoms in total. The Hall–Kier alpha value is -3.78. The average Bonchev–Trinajstić information content (AvgIpc) is 3.50. The molecular formula is C40H42O5S. The summed E-state index contributed by atoms with van der Waals surface area (Å²) in [6.45, 7) is 9.03. The molecule has 1 aliphatic heterocycles. The van der Waals surface area contributed by atoms with Gasteiger partial charge in [-0.1, -0.05) is 98.4 Å². The molecule has 0 spiro atoms. The largest absolute Gasteiger partial charge is 0.489 e. The summed E-state index contributed by atoms with van der Waals surface area (Å²) in [5.41, 5.74) is 4.57. The van der Waals surface area contributed by atoms with Gasteiger partial charge in [-0.2, -0.15) is 0 Å². The number of rotatable bonds is 13. The lowest BCUT2D eigenvalue weighted by atomic mass is 9.85. The first-order valence-electron chi connectivity index (χ1n) is 16.0. The van der Waals surface area contributed by atoms with E-state index in [0.29, 0.717) is 38.2 Å². The summed E-state index contributed by atoms with van der Waals surface area (Å²) in [4.78, 5) is 1.21. The maximum atomic E-state index is 12.8. The first-order valence-corrected chi connectivity index (χ1v) is 16.8.